The number of rotatable bonds is 1. The molecule has 0 aromatic carbocycles. The van der Waals surface area contributed by atoms with Gasteiger partial charge in [-0.05, 0) is 0 Å². The number of aromatic hydroxyl groups is 1. The molecule has 0 amide bonds. The van der Waals surface area contributed by atoms with Crippen LogP contribution >= 0.6 is 11.3 Å². The van der Waals surface area contributed by atoms with E-state index < -0.39 is 9.84 Å². The lowest BCUT2D eigenvalue weighted by Gasteiger charge is -1.93. The summed E-state index contributed by atoms with van der Waals surface area (Å²) in [6.07, 6.45) is 1.03. The monoisotopic (exact) mass is 193 g/mol. The highest BCUT2D eigenvalue weighted by molar-refractivity contribution is 7.92. The highest BCUT2D eigenvalue weighted by Gasteiger charge is 2.17. The summed E-state index contributed by atoms with van der Waals surface area (Å²) < 4.78 is 21.6. The van der Waals surface area contributed by atoms with Crippen LogP contribution in [0.25, 0.3) is 0 Å². The zero-order chi connectivity index (χ0) is 8.65. The summed E-state index contributed by atoms with van der Waals surface area (Å²) in [5, 5.41) is 10.5. The van der Waals surface area contributed by atoms with Crippen molar-refractivity contribution in [3.63, 3.8) is 0 Å². The molecule has 62 valence electrons. The van der Waals surface area contributed by atoms with Gasteiger partial charge in [-0.25, -0.2) is 8.42 Å². The van der Waals surface area contributed by atoms with Crippen LogP contribution in [0.5, 0.6) is 5.75 Å². The Kier molecular flexibility index (Phi) is 1.81. The molecule has 0 unspecified atom stereocenters. The van der Waals surface area contributed by atoms with Gasteiger partial charge in [0.2, 0.25) is 0 Å². The summed E-state index contributed by atoms with van der Waals surface area (Å²) in [4.78, 5) is 0. The normalized spacial score (nSPS) is 11.7. The molecule has 1 heterocycles. The van der Waals surface area contributed by atoms with E-state index in [1.165, 1.54) is 5.38 Å². The first kappa shape index (κ1) is 8.35. The van der Waals surface area contributed by atoms with E-state index in [4.69, 9.17) is 10.8 Å². The van der Waals surface area contributed by atoms with Crippen molar-refractivity contribution in [2.75, 3.05) is 12.0 Å². The third kappa shape index (κ3) is 1.46. The number of hydrogen-bond donors (Lipinski definition) is 2. The summed E-state index contributed by atoms with van der Waals surface area (Å²) in [6.45, 7) is 0. The van der Waals surface area contributed by atoms with Crippen molar-refractivity contribution in [2.45, 2.75) is 4.21 Å². The standard InChI is InChI=1S/C5H7NO3S2/c1-11(8,9)5-4(7)3(6)2-10-5/h2,7H,6H2,1H3. The predicted octanol–water partition coefficient (Wildman–Crippen LogP) is 0.439. The van der Waals surface area contributed by atoms with Crippen LogP contribution in [-0.4, -0.2) is 19.8 Å². The summed E-state index contributed by atoms with van der Waals surface area (Å²) >= 11 is 0.920. The quantitative estimate of drug-likeness (QED) is 0.678. The van der Waals surface area contributed by atoms with Gasteiger partial charge in [-0.1, -0.05) is 0 Å². The lowest BCUT2D eigenvalue weighted by molar-refractivity contribution is 0.467. The van der Waals surface area contributed by atoms with E-state index in [0.29, 0.717) is 0 Å². The molecule has 0 saturated carbocycles. The first-order valence-corrected chi connectivity index (χ1v) is 5.46. The van der Waals surface area contributed by atoms with Crippen molar-refractivity contribution in [3.05, 3.63) is 5.38 Å². The van der Waals surface area contributed by atoms with Crippen molar-refractivity contribution in [3.8, 4) is 5.75 Å². The zero-order valence-corrected chi connectivity index (χ0v) is 7.37. The average Bonchev–Trinajstić information content (AvgIpc) is 2.11. The van der Waals surface area contributed by atoms with Crippen LogP contribution in [0.15, 0.2) is 9.59 Å². The molecule has 0 saturated heterocycles. The topological polar surface area (TPSA) is 80.4 Å². The van der Waals surface area contributed by atoms with E-state index in [2.05, 4.69) is 0 Å². The lowest BCUT2D eigenvalue weighted by atomic mass is 10.5. The van der Waals surface area contributed by atoms with Crippen LogP contribution in [0.4, 0.5) is 5.69 Å². The van der Waals surface area contributed by atoms with Crippen LogP contribution < -0.4 is 5.73 Å². The number of sulfone groups is 1. The Labute approximate surface area is 68.2 Å². The van der Waals surface area contributed by atoms with Gasteiger partial charge in [-0.15, -0.1) is 11.3 Å². The number of thiophene rings is 1. The van der Waals surface area contributed by atoms with Crippen molar-refractivity contribution in [1.82, 2.24) is 0 Å². The van der Waals surface area contributed by atoms with Crippen LogP contribution in [0.1, 0.15) is 0 Å². The van der Waals surface area contributed by atoms with Gasteiger partial charge in [0.1, 0.15) is 0 Å². The molecule has 0 fully saturated rings. The predicted molar refractivity (Wildman–Crippen MR) is 43.5 cm³/mol. The Morgan fingerprint density at radius 2 is 2.18 bits per heavy atom. The SMILES string of the molecule is CS(=O)(=O)c1scc(N)c1O. The minimum absolute atomic E-state index is 0.0741. The number of anilines is 1. The smallest absolute Gasteiger partial charge is 0.188 e. The van der Waals surface area contributed by atoms with Gasteiger partial charge < -0.3 is 10.8 Å². The fraction of sp³-hybridized carbons (Fsp3) is 0.200. The van der Waals surface area contributed by atoms with E-state index in [9.17, 15) is 8.42 Å². The van der Waals surface area contributed by atoms with Gasteiger partial charge in [-0.2, -0.15) is 0 Å². The molecule has 3 N–H and O–H groups in total. The molecule has 1 aromatic rings. The number of hydrogen-bond acceptors (Lipinski definition) is 5. The Morgan fingerprint density at radius 1 is 1.64 bits per heavy atom. The average molecular weight is 193 g/mol. The van der Waals surface area contributed by atoms with E-state index in [-0.39, 0.29) is 15.6 Å². The Balaban J connectivity index is 3.38. The third-order valence-electron chi connectivity index (χ3n) is 1.10. The van der Waals surface area contributed by atoms with Crippen LogP contribution in [0.3, 0.4) is 0 Å². The summed E-state index contributed by atoms with van der Waals surface area (Å²) in [6, 6.07) is 0. The van der Waals surface area contributed by atoms with Gasteiger partial charge in [0, 0.05) is 11.6 Å². The second-order valence-corrected chi connectivity index (χ2v) is 5.19. The van der Waals surface area contributed by atoms with Crippen molar-refractivity contribution >= 4 is 26.9 Å². The summed E-state index contributed by atoms with van der Waals surface area (Å²) in [7, 11) is -3.32. The molecule has 0 spiro atoms. The molecular formula is C5H7NO3S2. The number of nitrogens with two attached hydrogens (primary N) is 1. The van der Waals surface area contributed by atoms with Gasteiger partial charge >= 0.3 is 0 Å². The van der Waals surface area contributed by atoms with E-state index in [0.717, 1.165) is 17.6 Å². The first-order chi connectivity index (χ1) is 4.93. The Morgan fingerprint density at radius 3 is 2.36 bits per heavy atom. The molecule has 4 nitrogen and oxygen atoms in total. The fourth-order valence-electron chi connectivity index (χ4n) is 0.609. The lowest BCUT2D eigenvalue weighted by Crippen LogP contribution is -1.93. The molecule has 11 heavy (non-hydrogen) atoms. The molecule has 6 heteroatoms. The molecule has 0 aliphatic heterocycles. The molecule has 0 radical (unpaired) electrons. The second-order valence-electron chi connectivity index (χ2n) is 2.10. The largest absolute Gasteiger partial charge is 0.504 e. The van der Waals surface area contributed by atoms with Crippen molar-refractivity contribution in [2.24, 2.45) is 0 Å². The van der Waals surface area contributed by atoms with Gasteiger partial charge in [0.25, 0.3) is 0 Å². The van der Waals surface area contributed by atoms with Crippen LogP contribution in [-0.2, 0) is 9.84 Å². The second kappa shape index (κ2) is 2.38. The first-order valence-electron chi connectivity index (χ1n) is 2.69. The Hall–Kier alpha value is -0.750. The fourth-order valence-corrected chi connectivity index (χ4v) is 2.50. The molecule has 1 rings (SSSR count). The molecule has 0 aliphatic carbocycles. The van der Waals surface area contributed by atoms with Gasteiger partial charge in [0.15, 0.2) is 19.8 Å². The molecule has 0 aliphatic rings. The maximum atomic E-state index is 10.9. The van der Waals surface area contributed by atoms with E-state index in [1.54, 1.807) is 0 Å². The maximum absolute atomic E-state index is 10.9. The highest BCUT2D eigenvalue weighted by Crippen LogP contribution is 2.34. The van der Waals surface area contributed by atoms with Gasteiger partial charge in [-0.3, -0.25) is 0 Å². The summed E-state index contributed by atoms with van der Waals surface area (Å²) in [5.74, 6) is -0.336. The van der Waals surface area contributed by atoms with Crippen LogP contribution in [0, 0.1) is 0 Å². The molecule has 1 aromatic heterocycles. The molecule has 0 atom stereocenters. The van der Waals surface area contributed by atoms with Crippen molar-refractivity contribution < 1.29 is 13.5 Å². The maximum Gasteiger partial charge on any atom is 0.188 e. The minimum Gasteiger partial charge on any atom is -0.504 e. The van der Waals surface area contributed by atoms with Crippen LogP contribution in [0.2, 0.25) is 0 Å². The van der Waals surface area contributed by atoms with Crippen molar-refractivity contribution in [1.29, 1.82) is 0 Å². The van der Waals surface area contributed by atoms with E-state index in [1.807, 2.05) is 0 Å². The third-order valence-corrected chi connectivity index (χ3v) is 3.94. The Bertz CT molecular complexity index is 365. The highest BCUT2D eigenvalue weighted by atomic mass is 32.2. The molecular weight excluding hydrogens is 186 g/mol. The van der Waals surface area contributed by atoms with E-state index >= 15 is 0 Å². The summed E-state index contributed by atoms with van der Waals surface area (Å²) in [5.41, 5.74) is 5.34. The van der Waals surface area contributed by atoms with Gasteiger partial charge in [0.05, 0.1) is 5.69 Å². The molecule has 0 bridgehead atoms. The zero-order valence-electron chi connectivity index (χ0n) is 5.73. The number of nitrogen functional groups attached to an aromatic ring is 1. The minimum atomic E-state index is -3.32.